The Kier molecular flexibility index (Phi) is 2.78. The van der Waals surface area contributed by atoms with E-state index in [1.807, 2.05) is 18.2 Å². The Balaban J connectivity index is 2.05. The van der Waals surface area contributed by atoms with Crippen molar-refractivity contribution >= 4 is 5.78 Å². The van der Waals surface area contributed by atoms with Crippen LogP contribution in [0, 0.1) is 11.6 Å². The van der Waals surface area contributed by atoms with Crippen LogP contribution < -0.4 is 4.74 Å². The lowest BCUT2D eigenvalue weighted by Gasteiger charge is -2.24. The second kappa shape index (κ2) is 4.46. The lowest BCUT2D eigenvalue weighted by molar-refractivity contribution is 0.0890. The van der Waals surface area contributed by atoms with Gasteiger partial charge < -0.3 is 4.74 Å². The summed E-state index contributed by atoms with van der Waals surface area (Å²) >= 11 is 0. The zero-order valence-electron chi connectivity index (χ0n) is 9.90. The molecule has 1 unspecified atom stereocenters. The van der Waals surface area contributed by atoms with Gasteiger partial charge in [-0.2, -0.15) is 0 Å². The smallest absolute Gasteiger partial charge is 0.177 e. The van der Waals surface area contributed by atoms with Crippen molar-refractivity contribution < 1.29 is 18.3 Å². The maximum atomic E-state index is 13.5. The van der Waals surface area contributed by atoms with Gasteiger partial charge in [0.25, 0.3) is 0 Å². The molecule has 0 N–H and O–H groups in total. The van der Waals surface area contributed by atoms with Crippen molar-refractivity contribution in [3.05, 3.63) is 65.2 Å². The van der Waals surface area contributed by atoms with Crippen LogP contribution in [0.2, 0.25) is 0 Å². The van der Waals surface area contributed by atoms with E-state index in [4.69, 9.17) is 4.74 Å². The van der Waals surface area contributed by atoms with E-state index in [0.717, 1.165) is 17.7 Å². The first-order valence-corrected chi connectivity index (χ1v) is 5.88. The van der Waals surface area contributed by atoms with Crippen LogP contribution in [0.5, 0.6) is 5.75 Å². The Morgan fingerprint density at radius 3 is 2.58 bits per heavy atom. The van der Waals surface area contributed by atoms with Crippen molar-refractivity contribution in [3.63, 3.8) is 0 Å². The number of hydrogen-bond acceptors (Lipinski definition) is 2. The molecule has 1 aliphatic rings. The van der Waals surface area contributed by atoms with Crippen molar-refractivity contribution in [2.45, 2.75) is 5.92 Å². The highest BCUT2D eigenvalue weighted by Gasteiger charge is 2.32. The van der Waals surface area contributed by atoms with E-state index in [1.165, 1.54) is 0 Å². The van der Waals surface area contributed by atoms with Crippen molar-refractivity contribution in [2.75, 3.05) is 6.61 Å². The van der Waals surface area contributed by atoms with Gasteiger partial charge in [0.15, 0.2) is 17.3 Å². The second-order valence-corrected chi connectivity index (χ2v) is 4.40. The fourth-order valence-electron chi connectivity index (χ4n) is 2.25. The van der Waals surface area contributed by atoms with Crippen LogP contribution in [0.15, 0.2) is 42.5 Å². The van der Waals surface area contributed by atoms with Crippen molar-refractivity contribution in [1.82, 2.24) is 0 Å². The molecule has 19 heavy (non-hydrogen) atoms. The average molecular weight is 260 g/mol. The third-order valence-corrected chi connectivity index (χ3v) is 3.19. The van der Waals surface area contributed by atoms with Gasteiger partial charge in [0.1, 0.15) is 12.4 Å². The Hall–Kier alpha value is -2.23. The van der Waals surface area contributed by atoms with Crippen LogP contribution in [0.25, 0.3) is 0 Å². The standard InChI is InChI=1S/C15H10F2O2/c16-10-6-11-14(18)12(9-4-2-1-3-5-9)8-19-15(11)13(17)7-10/h1-7,12H,8H2. The van der Waals surface area contributed by atoms with Gasteiger partial charge in [-0.15, -0.1) is 0 Å². The molecule has 0 fully saturated rings. The molecule has 0 saturated heterocycles. The molecule has 0 amide bonds. The fraction of sp³-hybridized carbons (Fsp3) is 0.133. The molecule has 0 aromatic heterocycles. The predicted molar refractivity (Wildman–Crippen MR) is 65.4 cm³/mol. The number of Topliss-reactive ketones (excluding diaryl/α,β-unsaturated/α-hetero) is 1. The van der Waals surface area contributed by atoms with Crippen LogP contribution in [0.1, 0.15) is 21.8 Å². The molecule has 1 heterocycles. The molecular formula is C15H10F2O2. The summed E-state index contributed by atoms with van der Waals surface area (Å²) in [5.74, 6) is -2.60. The Bertz CT molecular complexity index is 638. The summed E-state index contributed by atoms with van der Waals surface area (Å²) in [6.45, 7) is 0.0679. The van der Waals surface area contributed by atoms with Gasteiger partial charge in [-0.3, -0.25) is 4.79 Å². The van der Waals surface area contributed by atoms with Gasteiger partial charge in [-0.1, -0.05) is 30.3 Å². The summed E-state index contributed by atoms with van der Waals surface area (Å²) in [7, 11) is 0. The monoisotopic (exact) mass is 260 g/mol. The number of ketones is 1. The summed E-state index contributed by atoms with van der Waals surface area (Å²) in [6, 6.07) is 10.8. The van der Waals surface area contributed by atoms with E-state index >= 15 is 0 Å². The van der Waals surface area contributed by atoms with E-state index in [1.54, 1.807) is 12.1 Å². The Labute approximate surface area is 108 Å². The highest BCUT2D eigenvalue weighted by Crippen LogP contribution is 2.34. The molecule has 0 bridgehead atoms. The van der Waals surface area contributed by atoms with Gasteiger partial charge in [0, 0.05) is 6.07 Å². The first-order chi connectivity index (χ1) is 9.16. The number of carbonyl (C=O) groups excluding carboxylic acids is 1. The molecule has 4 heteroatoms. The number of halogens is 2. The summed E-state index contributed by atoms with van der Waals surface area (Å²) in [4.78, 5) is 12.3. The number of ether oxygens (including phenoxy) is 1. The molecule has 0 saturated carbocycles. The zero-order valence-corrected chi connectivity index (χ0v) is 9.90. The van der Waals surface area contributed by atoms with Crippen LogP contribution in [-0.2, 0) is 0 Å². The van der Waals surface area contributed by atoms with E-state index in [0.29, 0.717) is 0 Å². The Morgan fingerprint density at radius 2 is 1.84 bits per heavy atom. The SMILES string of the molecule is O=C1c2cc(F)cc(F)c2OCC1c1ccccc1. The molecule has 1 atom stereocenters. The van der Waals surface area contributed by atoms with Crippen molar-refractivity contribution in [2.24, 2.45) is 0 Å². The van der Waals surface area contributed by atoms with Crippen LogP contribution in [0.3, 0.4) is 0 Å². The van der Waals surface area contributed by atoms with Crippen molar-refractivity contribution in [1.29, 1.82) is 0 Å². The average Bonchev–Trinajstić information content (AvgIpc) is 2.41. The number of carbonyl (C=O) groups is 1. The van der Waals surface area contributed by atoms with E-state index in [9.17, 15) is 13.6 Å². The van der Waals surface area contributed by atoms with Gasteiger partial charge in [-0.25, -0.2) is 8.78 Å². The number of benzene rings is 2. The Morgan fingerprint density at radius 1 is 1.11 bits per heavy atom. The van der Waals surface area contributed by atoms with Crippen LogP contribution >= 0.6 is 0 Å². The highest BCUT2D eigenvalue weighted by molar-refractivity contribution is 6.04. The molecule has 2 aromatic carbocycles. The third-order valence-electron chi connectivity index (χ3n) is 3.19. The molecule has 2 aromatic rings. The van der Waals surface area contributed by atoms with Gasteiger partial charge in [-0.05, 0) is 11.6 Å². The van der Waals surface area contributed by atoms with Crippen LogP contribution in [-0.4, -0.2) is 12.4 Å². The molecule has 3 rings (SSSR count). The van der Waals surface area contributed by atoms with Crippen molar-refractivity contribution in [3.8, 4) is 5.75 Å². The maximum absolute atomic E-state index is 13.5. The van der Waals surface area contributed by atoms with Gasteiger partial charge >= 0.3 is 0 Å². The quantitative estimate of drug-likeness (QED) is 0.786. The maximum Gasteiger partial charge on any atom is 0.177 e. The van der Waals surface area contributed by atoms with E-state index in [2.05, 4.69) is 0 Å². The van der Waals surface area contributed by atoms with E-state index in [-0.39, 0.29) is 23.7 Å². The second-order valence-electron chi connectivity index (χ2n) is 4.40. The molecule has 0 radical (unpaired) electrons. The zero-order chi connectivity index (χ0) is 13.4. The van der Waals surface area contributed by atoms with Gasteiger partial charge in [0.2, 0.25) is 0 Å². The van der Waals surface area contributed by atoms with Gasteiger partial charge in [0.05, 0.1) is 11.5 Å². The number of fused-ring (bicyclic) bond motifs is 1. The number of hydrogen-bond donors (Lipinski definition) is 0. The lowest BCUT2D eigenvalue weighted by Crippen LogP contribution is -2.26. The largest absolute Gasteiger partial charge is 0.489 e. The fourth-order valence-corrected chi connectivity index (χ4v) is 2.25. The molecule has 0 spiro atoms. The molecular weight excluding hydrogens is 250 g/mol. The highest BCUT2D eigenvalue weighted by atomic mass is 19.1. The number of rotatable bonds is 1. The minimum Gasteiger partial charge on any atom is -0.489 e. The molecule has 2 nitrogen and oxygen atoms in total. The predicted octanol–water partition coefficient (Wildman–Crippen LogP) is 3.32. The minimum absolute atomic E-state index is 0.0300. The van der Waals surface area contributed by atoms with Crippen LogP contribution in [0.4, 0.5) is 8.78 Å². The first kappa shape index (κ1) is 11.8. The summed E-state index contributed by atoms with van der Waals surface area (Å²) < 4.78 is 32.0. The minimum atomic E-state index is -0.838. The normalized spacial score (nSPS) is 17.8. The summed E-state index contributed by atoms with van der Waals surface area (Å²) in [6.07, 6.45) is 0. The molecule has 1 aliphatic heterocycles. The van der Waals surface area contributed by atoms with E-state index < -0.39 is 17.6 Å². The molecule has 96 valence electrons. The lowest BCUT2D eigenvalue weighted by atomic mass is 9.89. The summed E-state index contributed by atoms with van der Waals surface area (Å²) in [5, 5.41) is 0. The third kappa shape index (κ3) is 1.99. The molecule has 0 aliphatic carbocycles. The summed E-state index contributed by atoms with van der Waals surface area (Å²) in [5.41, 5.74) is 0.750. The first-order valence-electron chi connectivity index (χ1n) is 5.88. The topological polar surface area (TPSA) is 26.3 Å².